The highest BCUT2D eigenvalue weighted by molar-refractivity contribution is 6.08. The maximum atomic E-state index is 14.5. The topological polar surface area (TPSA) is 79.8 Å². The van der Waals surface area contributed by atoms with Crippen molar-refractivity contribution in [3.05, 3.63) is 89.0 Å². The Morgan fingerprint density at radius 3 is 2.31 bits per heavy atom. The summed E-state index contributed by atoms with van der Waals surface area (Å²) >= 11 is 0. The number of piperidine rings is 1. The molecular formula is C35H35F6N5O3. The van der Waals surface area contributed by atoms with E-state index in [4.69, 9.17) is 14.5 Å². The first-order valence-corrected chi connectivity index (χ1v) is 15.9. The fourth-order valence-electron chi connectivity index (χ4n) is 6.56. The van der Waals surface area contributed by atoms with E-state index in [-0.39, 0.29) is 51.4 Å². The molecule has 2 aliphatic rings. The Hall–Kier alpha value is -4.27. The number of likely N-dealkylation sites (tertiary alicyclic amines) is 1. The van der Waals surface area contributed by atoms with Crippen LogP contribution in [0.3, 0.4) is 0 Å². The van der Waals surface area contributed by atoms with Gasteiger partial charge in [-0.2, -0.15) is 26.3 Å². The summed E-state index contributed by atoms with van der Waals surface area (Å²) in [4.78, 5) is 27.8. The quantitative estimate of drug-likeness (QED) is 0.208. The third-order valence-corrected chi connectivity index (χ3v) is 9.04. The normalized spacial score (nSPS) is 17.6. The van der Waals surface area contributed by atoms with Gasteiger partial charge < -0.3 is 14.8 Å². The number of amides is 1. The van der Waals surface area contributed by atoms with Gasteiger partial charge in [0.2, 0.25) is 5.88 Å². The van der Waals surface area contributed by atoms with E-state index in [0.29, 0.717) is 32.3 Å². The molecule has 260 valence electrons. The van der Waals surface area contributed by atoms with Gasteiger partial charge in [0, 0.05) is 42.9 Å². The number of aromatic nitrogens is 2. The predicted octanol–water partition coefficient (Wildman–Crippen LogP) is 6.65. The number of rotatable bonds is 8. The van der Waals surface area contributed by atoms with Crippen molar-refractivity contribution in [2.75, 3.05) is 46.5 Å². The highest BCUT2D eigenvalue weighted by atomic mass is 19.4. The summed E-state index contributed by atoms with van der Waals surface area (Å²) < 4.78 is 95.9. The van der Waals surface area contributed by atoms with Gasteiger partial charge in [-0.05, 0) is 49.7 Å². The van der Waals surface area contributed by atoms with Crippen LogP contribution >= 0.6 is 0 Å². The summed E-state index contributed by atoms with van der Waals surface area (Å²) in [5.41, 5.74) is -0.956. The molecule has 2 aromatic carbocycles. The molecule has 6 rings (SSSR count). The number of methoxy groups -OCH3 is 1. The lowest BCUT2D eigenvalue weighted by molar-refractivity contribution is -0.155. The zero-order valence-electron chi connectivity index (χ0n) is 26.7. The van der Waals surface area contributed by atoms with Crippen molar-refractivity contribution in [1.82, 2.24) is 25.1 Å². The summed E-state index contributed by atoms with van der Waals surface area (Å²) in [5, 5.41) is 2.17. The highest BCUT2D eigenvalue weighted by Gasteiger charge is 2.43. The zero-order valence-corrected chi connectivity index (χ0v) is 26.7. The second-order valence-electron chi connectivity index (χ2n) is 12.1. The first-order chi connectivity index (χ1) is 23.4. The van der Waals surface area contributed by atoms with E-state index in [2.05, 4.69) is 15.2 Å². The zero-order chi connectivity index (χ0) is 34.8. The van der Waals surface area contributed by atoms with Gasteiger partial charge in [0.1, 0.15) is 5.52 Å². The van der Waals surface area contributed by atoms with Crippen LogP contribution in [0.5, 0.6) is 5.88 Å². The number of carbonyl (C=O) groups excluding carboxylic acids is 1. The third kappa shape index (κ3) is 7.81. The lowest BCUT2D eigenvalue weighted by Crippen LogP contribution is -2.48. The number of morpholine rings is 1. The van der Waals surface area contributed by atoms with Gasteiger partial charge in [0.25, 0.3) is 5.91 Å². The van der Waals surface area contributed by atoms with Gasteiger partial charge in [-0.1, -0.05) is 42.5 Å². The van der Waals surface area contributed by atoms with Gasteiger partial charge in [0.15, 0.2) is 6.04 Å². The van der Waals surface area contributed by atoms with E-state index in [1.165, 1.54) is 55.6 Å². The number of carbonyl (C=O) groups is 1. The molecule has 1 amide bonds. The molecule has 0 aliphatic carbocycles. The number of halogens is 6. The highest BCUT2D eigenvalue weighted by Crippen LogP contribution is 2.38. The number of pyridine rings is 2. The van der Waals surface area contributed by atoms with E-state index in [1.54, 1.807) is 6.07 Å². The largest absolute Gasteiger partial charge is 0.481 e. The van der Waals surface area contributed by atoms with Crippen LogP contribution in [0, 0.1) is 0 Å². The number of hydrogen-bond acceptors (Lipinski definition) is 7. The summed E-state index contributed by atoms with van der Waals surface area (Å²) in [6.45, 7) is 4.15. The lowest BCUT2D eigenvalue weighted by Gasteiger charge is -2.40. The number of hydrogen-bond donors (Lipinski definition) is 1. The second kappa shape index (κ2) is 14.3. The molecule has 8 nitrogen and oxygen atoms in total. The SMILES string of the molecule is COc1ccc2nc(-c3cccc(C(F)(F)F)c3)c(CN3CCC(N4CCOCC4)CC3)c(C(=O)NC(c3ccccc3)C(F)(F)F)c2n1. The van der Waals surface area contributed by atoms with Crippen molar-refractivity contribution in [2.24, 2.45) is 0 Å². The van der Waals surface area contributed by atoms with Crippen LogP contribution in [-0.2, 0) is 17.5 Å². The molecule has 4 aromatic rings. The molecule has 0 radical (unpaired) electrons. The summed E-state index contributed by atoms with van der Waals surface area (Å²) in [5.74, 6) is -1.01. The number of nitrogens with one attached hydrogen (secondary N) is 1. The van der Waals surface area contributed by atoms with Gasteiger partial charge in [0.05, 0.1) is 42.7 Å². The van der Waals surface area contributed by atoms with Crippen LogP contribution in [0.25, 0.3) is 22.3 Å². The van der Waals surface area contributed by atoms with Crippen molar-refractivity contribution < 1.29 is 40.6 Å². The molecular weight excluding hydrogens is 652 g/mol. The molecule has 2 saturated heterocycles. The summed E-state index contributed by atoms with van der Waals surface area (Å²) in [6.07, 6.45) is -7.95. The van der Waals surface area contributed by atoms with E-state index in [1.807, 2.05) is 4.90 Å². The first-order valence-electron chi connectivity index (χ1n) is 15.9. The van der Waals surface area contributed by atoms with E-state index in [0.717, 1.165) is 38.1 Å². The van der Waals surface area contributed by atoms with Crippen LogP contribution in [0.2, 0.25) is 0 Å². The second-order valence-corrected chi connectivity index (χ2v) is 12.1. The average Bonchev–Trinajstić information content (AvgIpc) is 3.10. The van der Waals surface area contributed by atoms with Crippen LogP contribution < -0.4 is 10.1 Å². The van der Waals surface area contributed by atoms with Crippen LogP contribution in [0.1, 0.15) is 45.9 Å². The number of ether oxygens (including phenoxy) is 2. The Morgan fingerprint density at radius 2 is 1.65 bits per heavy atom. The Kier molecular flexibility index (Phi) is 10.1. The Balaban J connectivity index is 1.48. The van der Waals surface area contributed by atoms with Crippen LogP contribution in [0.4, 0.5) is 26.3 Å². The number of benzene rings is 2. The molecule has 2 aliphatic heterocycles. The molecule has 2 aromatic heterocycles. The Morgan fingerprint density at radius 1 is 0.939 bits per heavy atom. The number of fused-ring (bicyclic) bond motifs is 1. The smallest absolute Gasteiger partial charge is 0.416 e. The molecule has 1 N–H and O–H groups in total. The van der Waals surface area contributed by atoms with Gasteiger partial charge in [-0.3, -0.25) is 14.6 Å². The minimum Gasteiger partial charge on any atom is -0.481 e. The Bertz CT molecular complexity index is 1770. The predicted molar refractivity (Wildman–Crippen MR) is 170 cm³/mol. The maximum absolute atomic E-state index is 14.5. The van der Waals surface area contributed by atoms with E-state index < -0.39 is 29.9 Å². The van der Waals surface area contributed by atoms with Gasteiger partial charge >= 0.3 is 12.4 Å². The molecule has 1 atom stereocenters. The molecule has 4 heterocycles. The fraction of sp³-hybridized carbons (Fsp3) is 0.400. The van der Waals surface area contributed by atoms with E-state index >= 15 is 0 Å². The minimum absolute atomic E-state index is 0.0280. The molecule has 1 unspecified atom stereocenters. The van der Waals surface area contributed by atoms with E-state index in [9.17, 15) is 31.1 Å². The molecule has 49 heavy (non-hydrogen) atoms. The molecule has 0 bridgehead atoms. The van der Waals surface area contributed by atoms with Crippen molar-refractivity contribution in [1.29, 1.82) is 0 Å². The number of nitrogens with zero attached hydrogens (tertiary/aromatic N) is 4. The van der Waals surface area contributed by atoms with Crippen molar-refractivity contribution in [2.45, 2.75) is 43.8 Å². The first kappa shape index (κ1) is 34.6. The van der Waals surface area contributed by atoms with Gasteiger partial charge in [-0.25, -0.2) is 9.97 Å². The van der Waals surface area contributed by atoms with Crippen molar-refractivity contribution >= 4 is 16.9 Å². The fourth-order valence-corrected chi connectivity index (χ4v) is 6.56. The molecule has 14 heteroatoms. The molecule has 0 saturated carbocycles. The third-order valence-electron chi connectivity index (χ3n) is 9.04. The van der Waals surface area contributed by atoms with Crippen LogP contribution in [0.15, 0.2) is 66.7 Å². The maximum Gasteiger partial charge on any atom is 0.416 e. The average molecular weight is 688 g/mol. The van der Waals surface area contributed by atoms with Crippen molar-refractivity contribution in [3.8, 4) is 17.1 Å². The molecule has 0 spiro atoms. The standard InChI is InChI=1S/C35H35F6N5O3/c1-48-28-11-10-27-31(43-28)29(33(47)44-32(35(39,40)41)22-6-3-2-4-7-22)26(30(42-27)23-8-5-9-24(20-23)34(36,37)38)21-45-14-12-25(13-15-45)46-16-18-49-19-17-46/h2-11,20,25,32H,12-19,21H2,1H3,(H,44,47). The summed E-state index contributed by atoms with van der Waals surface area (Å²) in [7, 11) is 1.35. The number of alkyl halides is 6. The minimum atomic E-state index is -4.86. The Labute approximate surface area is 279 Å². The monoisotopic (exact) mass is 687 g/mol. The van der Waals surface area contributed by atoms with Crippen LogP contribution in [-0.4, -0.2) is 84.4 Å². The molecule has 2 fully saturated rings. The van der Waals surface area contributed by atoms with Gasteiger partial charge in [-0.15, -0.1) is 0 Å². The summed E-state index contributed by atoms with van der Waals surface area (Å²) in [6, 6.07) is 12.4. The lowest BCUT2D eigenvalue weighted by atomic mass is 9.95. The van der Waals surface area contributed by atoms with Crippen molar-refractivity contribution in [3.63, 3.8) is 0 Å².